The molecular weight excluding hydrogens is 733 g/mol. The van der Waals surface area contributed by atoms with Gasteiger partial charge in [0.1, 0.15) is 5.75 Å². The molecule has 0 saturated heterocycles. The third kappa shape index (κ3) is 8.73. The fourth-order valence-corrected chi connectivity index (χ4v) is 7.56. The number of carbonyl (C=O) groups excluding carboxylic acids is 1. The van der Waals surface area contributed by atoms with Crippen LogP contribution in [0, 0.1) is 0 Å². The number of sulfone groups is 1. The molecule has 4 aromatic carbocycles. The van der Waals surface area contributed by atoms with Crippen LogP contribution in [0.5, 0.6) is 23.0 Å². The summed E-state index contributed by atoms with van der Waals surface area (Å²) >= 11 is 13.0. The maximum atomic E-state index is 14.6. The van der Waals surface area contributed by atoms with Crippen LogP contribution in [-0.2, 0) is 25.9 Å². The number of hydrogen-bond donors (Lipinski definition) is 3. The number of nitrogens with one attached hydrogen (secondary N) is 2. The van der Waals surface area contributed by atoms with Crippen molar-refractivity contribution in [3.8, 4) is 23.0 Å². The number of ether oxygens (including phenoxy) is 5. The monoisotopic (exact) mass is 771 g/mol. The Balaban J connectivity index is 1.54. The highest BCUT2D eigenvalue weighted by Crippen LogP contribution is 2.45. The zero-order valence-electron chi connectivity index (χ0n) is 28.7. The van der Waals surface area contributed by atoms with Gasteiger partial charge in [-0.15, -0.1) is 0 Å². The highest BCUT2D eigenvalue weighted by atomic mass is 35.5. The predicted molar refractivity (Wildman–Crippen MR) is 197 cm³/mol. The van der Waals surface area contributed by atoms with E-state index in [2.05, 4.69) is 10.9 Å². The molecule has 5 rings (SSSR count). The van der Waals surface area contributed by atoms with Gasteiger partial charge in [-0.2, -0.15) is 0 Å². The van der Waals surface area contributed by atoms with Gasteiger partial charge in [0.05, 0.1) is 38.6 Å². The number of aliphatic hydroxyl groups excluding tert-OH is 1. The van der Waals surface area contributed by atoms with Gasteiger partial charge in [-0.05, 0) is 66.2 Å². The second-order valence-electron chi connectivity index (χ2n) is 11.7. The largest absolute Gasteiger partial charge is 0.494 e. The van der Waals surface area contributed by atoms with Crippen molar-refractivity contribution in [1.82, 2.24) is 10.9 Å². The summed E-state index contributed by atoms with van der Waals surface area (Å²) in [5.74, 6) is 0.793. The first-order valence-corrected chi connectivity index (χ1v) is 18.6. The molecule has 52 heavy (non-hydrogen) atoms. The molecule has 3 N–H and O–H groups in total. The van der Waals surface area contributed by atoms with Crippen molar-refractivity contribution in [2.24, 2.45) is 4.99 Å². The van der Waals surface area contributed by atoms with E-state index in [0.717, 1.165) is 0 Å². The van der Waals surface area contributed by atoms with Crippen molar-refractivity contribution in [3.63, 3.8) is 0 Å². The Morgan fingerprint density at radius 2 is 1.63 bits per heavy atom. The van der Waals surface area contributed by atoms with Crippen molar-refractivity contribution in [2.45, 2.75) is 35.9 Å². The van der Waals surface area contributed by atoms with Crippen LogP contribution in [0.4, 0.5) is 0 Å². The molecule has 12 nitrogen and oxygen atoms in total. The summed E-state index contributed by atoms with van der Waals surface area (Å²) in [6.45, 7) is 0.438. The average Bonchev–Trinajstić information content (AvgIpc) is 3.54. The first kappa shape index (κ1) is 38.7. The quantitative estimate of drug-likeness (QED) is 0.0897. The van der Waals surface area contributed by atoms with Gasteiger partial charge >= 0.3 is 0 Å². The maximum Gasteiger partial charge on any atom is 0.266 e. The normalized spacial score (nSPS) is 16.8. The molecule has 1 heterocycles. The maximum absolute atomic E-state index is 14.6. The lowest BCUT2D eigenvalue weighted by Crippen LogP contribution is -2.53. The molecule has 0 bridgehead atoms. The molecular formula is C37H39Cl2N3O9S. The number of carbonyl (C=O) groups is 1. The number of hydrazine groups is 1. The van der Waals surface area contributed by atoms with Crippen molar-refractivity contribution >= 4 is 44.8 Å². The predicted octanol–water partition coefficient (Wildman–Crippen LogP) is 5.72. The molecule has 0 aliphatic carbocycles. The Labute approximate surface area is 312 Å². The Kier molecular flexibility index (Phi) is 12.9. The van der Waals surface area contributed by atoms with Gasteiger partial charge in [0.25, 0.3) is 5.91 Å². The van der Waals surface area contributed by atoms with Crippen LogP contribution in [0.1, 0.15) is 35.6 Å². The van der Waals surface area contributed by atoms with E-state index in [1.54, 1.807) is 66.7 Å². The SMILES string of the molecule is COc1cc(CNNC(=O)[C@@]2(CCS(=O)(=O)c3ccccc3)N=C(c3ccc(OCCCO)cc3)O[C@H]2c2ccc(Cl)cc2Cl)cc(OC)c1OC. The van der Waals surface area contributed by atoms with Crippen LogP contribution >= 0.6 is 23.2 Å². The van der Waals surface area contributed by atoms with Crippen molar-refractivity contribution in [1.29, 1.82) is 0 Å². The molecule has 2 atom stereocenters. The lowest BCUT2D eigenvalue weighted by atomic mass is 9.85. The van der Waals surface area contributed by atoms with Crippen LogP contribution in [0.25, 0.3) is 0 Å². The van der Waals surface area contributed by atoms with Crippen molar-refractivity contribution < 1.29 is 42.0 Å². The van der Waals surface area contributed by atoms with E-state index in [1.807, 2.05) is 0 Å². The molecule has 1 aliphatic rings. The van der Waals surface area contributed by atoms with E-state index in [1.165, 1.54) is 39.5 Å². The van der Waals surface area contributed by atoms with Crippen LogP contribution in [-0.4, -0.2) is 71.2 Å². The lowest BCUT2D eigenvalue weighted by Gasteiger charge is -2.31. The minimum atomic E-state index is -3.88. The molecule has 0 fully saturated rings. The first-order chi connectivity index (χ1) is 25.0. The van der Waals surface area contributed by atoms with Crippen LogP contribution in [0.15, 0.2) is 94.8 Å². The van der Waals surface area contributed by atoms with Gasteiger partial charge < -0.3 is 28.8 Å². The Bertz CT molecular complexity index is 1970. The Morgan fingerprint density at radius 3 is 2.25 bits per heavy atom. The summed E-state index contributed by atoms with van der Waals surface area (Å²) in [5.41, 5.74) is 5.41. The third-order valence-corrected chi connectivity index (χ3v) is 10.6. The number of halogens is 2. The summed E-state index contributed by atoms with van der Waals surface area (Å²) in [4.78, 5) is 19.5. The zero-order valence-corrected chi connectivity index (χ0v) is 31.1. The minimum Gasteiger partial charge on any atom is -0.494 e. The van der Waals surface area contributed by atoms with Gasteiger partial charge in [0.2, 0.25) is 11.6 Å². The van der Waals surface area contributed by atoms with Gasteiger partial charge in [-0.3, -0.25) is 10.2 Å². The smallest absolute Gasteiger partial charge is 0.266 e. The number of aliphatic hydroxyl groups is 1. The Morgan fingerprint density at radius 1 is 0.942 bits per heavy atom. The average molecular weight is 773 g/mol. The van der Waals surface area contributed by atoms with E-state index in [-0.39, 0.29) is 35.4 Å². The van der Waals surface area contributed by atoms with Gasteiger partial charge in [-0.25, -0.2) is 18.8 Å². The van der Waals surface area contributed by atoms with Gasteiger partial charge in [0, 0.05) is 47.2 Å². The standard InChI is InChI=1S/C37H39Cl2N3O9S/c1-47-31-20-24(21-32(48-2)33(31)49-3)23-40-42-36(44)37(16-19-52(45,46)28-8-5-4-6-9-28)34(29-15-12-26(38)22-30(29)39)51-35(41-37)25-10-13-27(14-11-25)50-18-7-17-43/h4-6,8-15,20-22,34,40,43H,7,16-19,23H2,1-3H3,(H,42,44)/t34-,37-/m0/s1. The Hall–Kier alpha value is -4.53. The van der Waals surface area contributed by atoms with E-state index < -0.39 is 33.1 Å². The van der Waals surface area contributed by atoms with Crippen molar-refractivity contribution in [3.05, 3.63) is 112 Å². The molecule has 0 radical (unpaired) electrons. The summed E-state index contributed by atoms with van der Waals surface area (Å²) in [7, 11) is 0.618. The van der Waals surface area contributed by atoms with E-state index in [9.17, 15) is 13.2 Å². The molecule has 1 amide bonds. The zero-order chi connectivity index (χ0) is 37.3. The summed E-state index contributed by atoms with van der Waals surface area (Å²) < 4.78 is 55.7. The molecule has 276 valence electrons. The van der Waals surface area contributed by atoms with Gasteiger partial charge in [-0.1, -0.05) is 47.5 Å². The number of methoxy groups -OCH3 is 3. The van der Waals surface area contributed by atoms with E-state index >= 15 is 0 Å². The van der Waals surface area contributed by atoms with Gasteiger partial charge in [0.15, 0.2) is 33.0 Å². The molecule has 0 spiro atoms. The number of aliphatic imine (C=N–C) groups is 1. The first-order valence-electron chi connectivity index (χ1n) is 16.2. The van der Waals surface area contributed by atoms with E-state index in [0.29, 0.717) is 57.7 Å². The molecule has 0 aromatic heterocycles. The number of rotatable bonds is 17. The van der Waals surface area contributed by atoms with Crippen molar-refractivity contribution in [2.75, 3.05) is 40.3 Å². The van der Waals surface area contributed by atoms with Crippen LogP contribution in [0.2, 0.25) is 10.0 Å². The number of nitrogens with zero attached hydrogens (tertiary/aromatic N) is 1. The summed E-state index contributed by atoms with van der Waals surface area (Å²) in [6.07, 6.45) is -0.975. The second kappa shape index (κ2) is 17.3. The highest BCUT2D eigenvalue weighted by Gasteiger charge is 2.54. The molecule has 0 unspecified atom stereocenters. The van der Waals surface area contributed by atoms with Crippen LogP contribution < -0.4 is 29.8 Å². The molecule has 4 aromatic rings. The topological polar surface area (TPSA) is 154 Å². The number of benzene rings is 4. The molecule has 15 heteroatoms. The fraction of sp³-hybridized carbons (Fsp3) is 0.297. The third-order valence-electron chi connectivity index (χ3n) is 8.35. The van der Waals surface area contributed by atoms with Crippen LogP contribution in [0.3, 0.4) is 0 Å². The second-order valence-corrected chi connectivity index (χ2v) is 14.6. The molecule has 1 aliphatic heterocycles. The lowest BCUT2D eigenvalue weighted by molar-refractivity contribution is -0.130. The summed E-state index contributed by atoms with van der Waals surface area (Å²) in [6, 6.07) is 23.0. The number of hydrogen-bond acceptors (Lipinski definition) is 11. The fourth-order valence-electron chi connectivity index (χ4n) is 5.67. The van der Waals surface area contributed by atoms with E-state index in [4.69, 9.17) is 57.0 Å². The number of amides is 1. The highest BCUT2D eigenvalue weighted by molar-refractivity contribution is 7.91. The molecule has 0 saturated carbocycles. The minimum absolute atomic E-state index is 0.00114. The summed E-state index contributed by atoms with van der Waals surface area (Å²) in [5, 5.41) is 9.66.